The maximum atomic E-state index is 9.10. The van der Waals surface area contributed by atoms with Crippen molar-refractivity contribution < 1.29 is 5.11 Å². The van der Waals surface area contributed by atoms with Crippen LogP contribution in [0.15, 0.2) is 18.2 Å². The summed E-state index contributed by atoms with van der Waals surface area (Å²) in [4.78, 5) is 0. The fourth-order valence-corrected chi connectivity index (χ4v) is 5.67. The average molecular weight is 330 g/mol. The normalized spacial score (nSPS) is 32.5. The summed E-state index contributed by atoms with van der Waals surface area (Å²) in [6, 6.07) is 7.30. The Morgan fingerprint density at radius 2 is 2.04 bits per heavy atom. The van der Waals surface area contributed by atoms with Crippen molar-refractivity contribution >= 4 is 0 Å². The third-order valence-electron chi connectivity index (χ3n) is 6.99. The lowest BCUT2D eigenvalue weighted by atomic mass is 9.49. The van der Waals surface area contributed by atoms with E-state index in [2.05, 4.69) is 51.2 Å². The molecule has 134 valence electrons. The number of aliphatic hydroxyl groups is 1. The molecule has 2 nitrogen and oxygen atoms in total. The first kappa shape index (κ1) is 17.9. The number of fused-ring (bicyclic) bond motifs is 3. The third-order valence-corrected chi connectivity index (χ3v) is 6.99. The largest absolute Gasteiger partial charge is 0.395 e. The molecule has 2 N–H and O–H groups in total. The number of aryl methyl sites for hydroxylation is 1. The van der Waals surface area contributed by atoms with Crippen LogP contribution in [-0.2, 0) is 11.8 Å². The van der Waals surface area contributed by atoms with Crippen molar-refractivity contribution in [3.05, 3.63) is 34.9 Å². The van der Waals surface area contributed by atoms with Crippen molar-refractivity contribution in [1.82, 2.24) is 5.32 Å². The Kier molecular flexibility index (Phi) is 5.09. The fourth-order valence-electron chi connectivity index (χ4n) is 5.67. The summed E-state index contributed by atoms with van der Waals surface area (Å²) in [7, 11) is 0. The van der Waals surface area contributed by atoms with E-state index in [1.54, 1.807) is 11.1 Å². The predicted octanol–water partition coefficient (Wildman–Crippen LogP) is 4.40. The van der Waals surface area contributed by atoms with Crippen LogP contribution in [0.25, 0.3) is 0 Å². The van der Waals surface area contributed by atoms with Crippen molar-refractivity contribution in [3.63, 3.8) is 0 Å². The lowest BCUT2D eigenvalue weighted by Crippen LogP contribution is -2.52. The molecule has 0 saturated heterocycles. The summed E-state index contributed by atoms with van der Waals surface area (Å²) < 4.78 is 0. The van der Waals surface area contributed by atoms with E-state index in [1.807, 2.05) is 0 Å². The molecule has 1 fully saturated rings. The molecule has 0 unspecified atom stereocenters. The maximum Gasteiger partial charge on any atom is 0.0555 e. The van der Waals surface area contributed by atoms with Gasteiger partial charge in [0.1, 0.15) is 0 Å². The van der Waals surface area contributed by atoms with Crippen molar-refractivity contribution in [2.45, 2.75) is 71.1 Å². The topological polar surface area (TPSA) is 32.3 Å². The standard InChI is InChI=1S/C22H35NO/c1-16(2)17-6-8-19-18(14-17)7-9-20-21(3,15-23-12-13-24)10-5-11-22(19,20)4/h6,8,14,16,20,23-24H,5,7,9-13,15H2,1-4H3/t20-,21-,22+/m0/s1. The van der Waals surface area contributed by atoms with Crippen molar-refractivity contribution in [1.29, 1.82) is 0 Å². The van der Waals surface area contributed by atoms with Gasteiger partial charge in [-0.25, -0.2) is 0 Å². The molecule has 0 bridgehead atoms. The second-order valence-electron chi connectivity index (χ2n) is 8.99. The van der Waals surface area contributed by atoms with Gasteiger partial charge in [0.25, 0.3) is 0 Å². The summed E-state index contributed by atoms with van der Waals surface area (Å²) in [6.45, 7) is 11.6. The molecule has 0 heterocycles. The van der Waals surface area contributed by atoms with Crippen molar-refractivity contribution in [2.24, 2.45) is 11.3 Å². The highest BCUT2D eigenvalue weighted by molar-refractivity contribution is 5.42. The van der Waals surface area contributed by atoms with E-state index in [-0.39, 0.29) is 6.61 Å². The minimum atomic E-state index is 0.235. The van der Waals surface area contributed by atoms with Crippen LogP contribution in [0.4, 0.5) is 0 Å². The molecule has 1 saturated carbocycles. The highest BCUT2D eigenvalue weighted by Gasteiger charge is 2.51. The zero-order valence-electron chi connectivity index (χ0n) is 16.0. The summed E-state index contributed by atoms with van der Waals surface area (Å²) in [5, 5.41) is 12.6. The van der Waals surface area contributed by atoms with E-state index >= 15 is 0 Å². The number of aliphatic hydroxyl groups excluding tert-OH is 1. The van der Waals surface area contributed by atoms with E-state index in [0.29, 0.717) is 23.3 Å². The lowest BCUT2D eigenvalue weighted by molar-refractivity contribution is 0.0253. The second kappa shape index (κ2) is 6.80. The zero-order chi connectivity index (χ0) is 17.4. The highest BCUT2D eigenvalue weighted by atomic mass is 16.3. The van der Waals surface area contributed by atoms with Gasteiger partial charge in [0.15, 0.2) is 0 Å². The van der Waals surface area contributed by atoms with Crippen LogP contribution >= 0.6 is 0 Å². The first-order valence-corrected chi connectivity index (χ1v) is 9.85. The average Bonchev–Trinajstić information content (AvgIpc) is 2.54. The van der Waals surface area contributed by atoms with Gasteiger partial charge in [0.2, 0.25) is 0 Å². The third kappa shape index (κ3) is 3.04. The number of hydrogen-bond acceptors (Lipinski definition) is 2. The monoisotopic (exact) mass is 329 g/mol. The minimum absolute atomic E-state index is 0.235. The first-order valence-electron chi connectivity index (χ1n) is 9.85. The lowest BCUT2D eigenvalue weighted by Gasteiger charge is -2.55. The Labute approximate surface area is 148 Å². The molecule has 0 aromatic heterocycles. The van der Waals surface area contributed by atoms with Gasteiger partial charge in [0, 0.05) is 13.1 Å². The smallest absolute Gasteiger partial charge is 0.0555 e. The van der Waals surface area contributed by atoms with Crippen LogP contribution in [0.3, 0.4) is 0 Å². The number of benzene rings is 1. The summed E-state index contributed by atoms with van der Waals surface area (Å²) in [5.41, 5.74) is 5.37. The molecule has 3 rings (SSSR count). The van der Waals surface area contributed by atoms with Gasteiger partial charge in [0.05, 0.1) is 6.61 Å². The van der Waals surface area contributed by atoms with Crippen LogP contribution in [-0.4, -0.2) is 24.8 Å². The van der Waals surface area contributed by atoms with E-state index < -0.39 is 0 Å². The summed E-state index contributed by atoms with van der Waals surface area (Å²) in [6.07, 6.45) is 6.48. The highest BCUT2D eigenvalue weighted by Crippen LogP contribution is 2.57. The van der Waals surface area contributed by atoms with Gasteiger partial charge in [-0.05, 0) is 65.0 Å². The van der Waals surface area contributed by atoms with Crippen LogP contribution in [0.1, 0.15) is 76.0 Å². The van der Waals surface area contributed by atoms with Gasteiger partial charge >= 0.3 is 0 Å². The molecule has 0 amide bonds. The van der Waals surface area contributed by atoms with E-state index in [1.165, 1.54) is 37.7 Å². The van der Waals surface area contributed by atoms with E-state index in [9.17, 15) is 0 Å². The van der Waals surface area contributed by atoms with Crippen LogP contribution in [0.5, 0.6) is 0 Å². The zero-order valence-corrected chi connectivity index (χ0v) is 16.0. The van der Waals surface area contributed by atoms with E-state index in [4.69, 9.17) is 5.11 Å². The Hall–Kier alpha value is -0.860. The predicted molar refractivity (Wildman–Crippen MR) is 102 cm³/mol. The Morgan fingerprint density at radius 3 is 2.75 bits per heavy atom. The quantitative estimate of drug-likeness (QED) is 0.785. The first-order chi connectivity index (χ1) is 11.4. The van der Waals surface area contributed by atoms with Gasteiger partial charge in [-0.1, -0.05) is 52.3 Å². The second-order valence-corrected chi connectivity index (χ2v) is 8.99. The molecule has 0 spiro atoms. The van der Waals surface area contributed by atoms with Crippen LogP contribution in [0, 0.1) is 11.3 Å². The minimum Gasteiger partial charge on any atom is -0.395 e. The molecule has 2 aliphatic rings. The number of rotatable bonds is 5. The summed E-state index contributed by atoms with van der Waals surface area (Å²) in [5.74, 6) is 1.35. The molecule has 0 radical (unpaired) electrons. The Balaban J connectivity index is 1.91. The van der Waals surface area contributed by atoms with Gasteiger partial charge in [-0.15, -0.1) is 0 Å². The molecule has 2 aliphatic carbocycles. The Bertz CT molecular complexity index is 581. The van der Waals surface area contributed by atoms with Crippen LogP contribution in [0.2, 0.25) is 0 Å². The van der Waals surface area contributed by atoms with Crippen LogP contribution < -0.4 is 5.32 Å². The van der Waals surface area contributed by atoms with E-state index in [0.717, 1.165) is 12.5 Å². The summed E-state index contributed by atoms with van der Waals surface area (Å²) >= 11 is 0. The molecule has 1 aromatic carbocycles. The number of nitrogens with one attached hydrogen (secondary N) is 1. The molecule has 0 aliphatic heterocycles. The molecule has 24 heavy (non-hydrogen) atoms. The fraction of sp³-hybridized carbons (Fsp3) is 0.727. The Morgan fingerprint density at radius 1 is 1.25 bits per heavy atom. The maximum absolute atomic E-state index is 9.10. The molecule has 1 aromatic rings. The van der Waals surface area contributed by atoms with Crippen molar-refractivity contribution in [2.75, 3.05) is 19.7 Å². The van der Waals surface area contributed by atoms with Gasteiger partial charge in [-0.2, -0.15) is 0 Å². The molecular weight excluding hydrogens is 294 g/mol. The van der Waals surface area contributed by atoms with Crippen molar-refractivity contribution in [3.8, 4) is 0 Å². The SMILES string of the molecule is CC(C)c1ccc2c(c1)CC[C@H]1[C@](C)(CNCCO)CCC[C@]21C. The molecular formula is C22H35NO. The molecule has 2 heteroatoms. The van der Waals surface area contributed by atoms with Gasteiger partial charge < -0.3 is 10.4 Å². The molecule has 3 atom stereocenters. The van der Waals surface area contributed by atoms with Gasteiger partial charge in [-0.3, -0.25) is 0 Å². The number of hydrogen-bond donors (Lipinski definition) is 2.